The maximum absolute atomic E-state index is 10.4. The predicted molar refractivity (Wildman–Crippen MR) is 135 cm³/mol. The molecule has 32 heavy (non-hydrogen) atoms. The van der Waals surface area contributed by atoms with Gasteiger partial charge >= 0.3 is 0 Å². The van der Waals surface area contributed by atoms with Crippen LogP contribution in [0.5, 0.6) is 11.5 Å². The Hall–Kier alpha value is -2.74. The van der Waals surface area contributed by atoms with Gasteiger partial charge in [0.1, 0.15) is 11.5 Å². The van der Waals surface area contributed by atoms with Crippen LogP contribution in [0.2, 0.25) is 0 Å². The lowest BCUT2D eigenvalue weighted by Crippen LogP contribution is -2.25. The van der Waals surface area contributed by atoms with Gasteiger partial charge < -0.3 is 10.2 Å². The Balaban J connectivity index is 2.17. The number of phenols is 2. The number of rotatable bonds is 4. The molecule has 0 atom stereocenters. The summed E-state index contributed by atoms with van der Waals surface area (Å²) < 4.78 is 0. The first-order chi connectivity index (χ1) is 14.7. The molecular formula is C30H38O2. The summed E-state index contributed by atoms with van der Waals surface area (Å²) in [4.78, 5) is 0. The highest BCUT2D eigenvalue weighted by Gasteiger charge is 2.31. The van der Waals surface area contributed by atoms with Crippen molar-refractivity contribution in [1.82, 2.24) is 0 Å². The standard InChI is InChI=1S/C30H38O2/c1-17-14-25(19(3)21(5)27(17)31)29(7,8)23-12-11-13-24(16-23)30(9,10)26-15-18(2)28(32)22(6)20(26)4/h11-16,31-32H,1-10H3. The second kappa shape index (κ2) is 7.99. The molecule has 0 aromatic heterocycles. The molecule has 0 amide bonds. The van der Waals surface area contributed by atoms with Crippen molar-refractivity contribution in [1.29, 1.82) is 0 Å². The van der Waals surface area contributed by atoms with Crippen LogP contribution >= 0.6 is 0 Å². The maximum Gasteiger partial charge on any atom is 0.121 e. The largest absolute Gasteiger partial charge is 0.507 e. The first-order valence-corrected chi connectivity index (χ1v) is 11.4. The zero-order valence-corrected chi connectivity index (χ0v) is 21.4. The molecule has 0 spiro atoms. The van der Waals surface area contributed by atoms with Crippen LogP contribution in [-0.2, 0) is 10.8 Å². The predicted octanol–water partition coefficient (Wildman–Crippen LogP) is 7.60. The van der Waals surface area contributed by atoms with Gasteiger partial charge in [0.25, 0.3) is 0 Å². The number of aromatic hydroxyl groups is 2. The van der Waals surface area contributed by atoms with Crippen LogP contribution in [0.3, 0.4) is 0 Å². The minimum atomic E-state index is -0.213. The monoisotopic (exact) mass is 430 g/mol. The third-order valence-corrected chi connectivity index (χ3v) is 7.76. The SMILES string of the molecule is Cc1cc(C(C)(C)c2cccc(C(C)(C)c3cc(C)c(O)c(C)c3C)c2)c(C)c(C)c1O. The average Bonchev–Trinajstić information content (AvgIpc) is 2.75. The lowest BCUT2D eigenvalue weighted by molar-refractivity contribution is 0.464. The molecular weight excluding hydrogens is 392 g/mol. The topological polar surface area (TPSA) is 40.5 Å². The van der Waals surface area contributed by atoms with Crippen molar-refractivity contribution < 1.29 is 10.2 Å². The first kappa shape index (κ1) is 23.9. The Labute approximate surface area is 194 Å². The Morgan fingerprint density at radius 2 is 0.875 bits per heavy atom. The summed E-state index contributed by atoms with van der Waals surface area (Å²) >= 11 is 0. The number of phenolic OH excluding ortho intramolecular Hbond substituents is 2. The lowest BCUT2D eigenvalue weighted by atomic mass is 9.71. The van der Waals surface area contributed by atoms with E-state index in [0.29, 0.717) is 11.5 Å². The van der Waals surface area contributed by atoms with Gasteiger partial charge in [0.2, 0.25) is 0 Å². The van der Waals surface area contributed by atoms with Gasteiger partial charge in [0, 0.05) is 10.8 Å². The van der Waals surface area contributed by atoms with E-state index < -0.39 is 0 Å². The smallest absolute Gasteiger partial charge is 0.121 e. The number of aryl methyl sites for hydroxylation is 2. The van der Waals surface area contributed by atoms with Crippen molar-refractivity contribution in [2.24, 2.45) is 0 Å². The van der Waals surface area contributed by atoms with Gasteiger partial charge in [0.15, 0.2) is 0 Å². The van der Waals surface area contributed by atoms with Gasteiger partial charge in [-0.25, -0.2) is 0 Å². The molecule has 0 radical (unpaired) electrons. The molecule has 3 aromatic rings. The molecule has 0 bridgehead atoms. The molecule has 0 aliphatic carbocycles. The minimum Gasteiger partial charge on any atom is -0.507 e. The van der Waals surface area contributed by atoms with Crippen molar-refractivity contribution in [3.05, 3.63) is 92.0 Å². The molecule has 2 heteroatoms. The minimum absolute atomic E-state index is 0.213. The molecule has 0 heterocycles. The molecule has 0 saturated heterocycles. The van der Waals surface area contributed by atoms with Gasteiger partial charge in [-0.15, -0.1) is 0 Å². The van der Waals surface area contributed by atoms with Gasteiger partial charge in [-0.3, -0.25) is 0 Å². The van der Waals surface area contributed by atoms with E-state index in [0.717, 1.165) is 33.4 Å². The zero-order chi connectivity index (χ0) is 24.2. The summed E-state index contributed by atoms with van der Waals surface area (Å²) in [6.07, 6.45) is 0. The fourth-order valence-electron chi connectivity index (χ4n) is 5.04. The van der Waals surface area contributed by atoms with Crippen LogP contribution < -0.4 is 0 Å². The molecule has 0 saturated carbocycles. The van der Waals surface area contributed by atoms with Crippen LogP contribution in [0.15, 0.2) is 36.4 Å². The van der Waals surface area contributed by atoms with E-state index in [1.165, 1.54) is 22.3 Å². The molecule has 2 N–H and O–H groups in total. The molecule has 3 aromatic carbocycles. The molecule has 3 rings (SSSR count). The Morgan fingerprint density at radius 1 is 0.531 bits per heavy atom. The van der Waals surface area contributed by atoms with Crippen LogP contribution in [0, 0.1) is 41.5 Å². The molecule has 0 aliphatic heterocycles. The number of benzene rings is 3. The number of hydrogen-bond donors (Lipinski definition) is 2. The Bertz CT molecular complexity index is 1110. The first-order valence-electron chi connectivity index (χ1n) is 11.4. The van der Waals surface area contributed by atoms with E-state index >= 15 is 0 Å². The van der Waals surface area contributed by atoms with E-state index in [1.807, 2.05) is 27.7 Å². The third kappa shape index (κ3) is 3.70. The van der Waals surface area contributed by atoms with Crippen molar-refractivity contribution >= 4 is 0 Å². The molecule has 0 aliphatic rings. The van der Waals surface area contributed by atoms with E-state index in [2.05, 4.69) is 77.9 Å². The summed E-state index contributed by atoms with van der Waals surface area (Å²) in [5.74, 6) is 0.788. The summed E-state index contributed by atoms with van der Waals surface area (Å²) in [6.45, 7) is 21.2. The van der Waals surface area contributed by atoms with E-state index in [-0.39, 0.29) is 10.8 Å². The van der Waals surface area contributed by atoms with Crippen LogP contribution in [0.25, 0.3) is 0 Å². The van der Waals surface area contributed by atoms with Crippen molar-refractivity contribution in [3.63, 3.8) is 0 Å². The quantitative estimate of drug-likeness (QED) is 0.447. The van der Waals surface area contributed by atoms with Crippen molar-refractivity contribution in [2.45, 2.75) is 80.1 Å². The van der Waals surface area contributed by atoms with Gasteiger partial charge in [-0.05, 0) is 97.2 Å². The summed E-state index contributed by atoms with van der Waals surface area (Å²) in [7, 11) is 0. The highest BCUT2D eigenvalue weighted by atomic mass is 16.3. The van der Waals surface area contributed by atoms with Crippen molar-refractivity contribution in [2.75, 3.05) is 0 Å². The normalized spacial score (nSPS) is 12.3. The van der Waals surface area contributed by atoms with Gasteiger partial charge in [-0.1, -0.05) is 64.1 Å². The second-order valence-electron chi connectivity index (χ2n) is 10.5. The molecule has 0 fully saturated rings. The highest BCUT2D eigenvalue weighted by Crippen LogP contribution is 2.42. The lowest BCUT2D eigenvalue weighted by Gasteiger charge is -2.33. The fraction of sp³-hybridized carbons (Fsp3) is 0.400. The Morgan fingerprint density at radius 3 is 1.22 bits per heavy atom. The van der Waals surface area contributed by atoms with Crippen LogP contribution in [-0.4, -0.2) is 10.2 Å². The number of hydrogen-bond acceptors (Lipinski definition) is 2. The van der Waals surface area contributed by atoms with Crippen LogP contribution in [0.1, 0.15) is 83.3 Å². The zero-order valence-electron chi connectivity index (χ0n) is 21.4. The summed E-state index contributed by atoms with van der Waals surface area (Å²) in [5.41, 5.74) is 10.6. The average molecular weight is 431 g/mol. The molecule has 0 unspecified atom stereocenters. The summed E-state index contributed by atoms with van der Waals surface area (Å²) in [6, 6.07) is 13.2. The van der Waals surface area contributed by atoms with E-state index in [1.54, 1.807) is 0 Å². The van der Waals surface area contributed by atoms with E-state index in [4.69, 9.17) is 0 Å². The summed E-state index contributed by atoms with van der Waals surface area (Å²) in [5, 5.41) is 20.8. The van der Waals surface area contributed by atoms with E-state index in [9.17, 15) is 10.2 Å². The molecule has 170 valence electrons. The molecule has 2 nitrogen and oxygen atoms in total. The fourth-order valence-corrected chi connectivity index (χ4v) is 5.04. The van der Waals surface area contributed by atoms with Crippen LogP contribution in [0.4, 0.5) is 0 Å². The van der Waals surface area contributed by atoms with Crippen molar-refractivity contribution in [3.8, 4) is 11.5 Å². The maximum atomic E-state index is 10.4. The van der Waals surface area contributed by atoms with Gasteiger partial charge in [0.05, 0.1) is 0 Å². The highest BCUT2D eigenvalue weighted by molar-refractivity contribution is 5.56. The second-order valence-corrected chi connectivity index (χ2v) is 10.5. The Kier molecular flexibility index (Phi) is 5.97. The van der Waals surface area contributed by atoms with Gasteiger partial charge in [-0.2, -0.15) is 0 Å². The third-order valence-electron chi connectivity index (χ3n) is 7.76.